The van der Waals surface area contributed by atoms with Crippen molar-refractivity contribution >= 4 is 10.9 Å². The number of hydrogen-bond donors (Lipinski definition) is 2. The van der Waals surface area contributed by atoms with E-state index in [9.17, 15) is 5.11 Å². The van der Waals surface area contributed by atoms with Crippen LogP contribution in [0.3, 0.4) is 0 Å². The lowest BCUT2D eigenvalue weighted by atomic mass is 10.2. The molecule has 0 saturated heterocycles. The van der Waals surface area contributed by atoms with Gasteiger partial charge in [-0.2, -0.15) is 0 Å². The summed E-state index contributed by atoms with van der Waals surface area (Å²) in [6, 6.07) is 10.1. The minimum atomic E-state index is -1.91. The van der Waals surface area contributed by atoms with Crippen LogP contribution in [-0.2, 0) is 23.8 Å². The standard InChI is InChI=1S/C16H29NO5S.C2H6/c1-19-23(20-2,21-3)11-7-10-22-14-16(18)13-17-12-15-8-5-4-6-9-15;1-2/h4-6,8-9,16-18H,7,10-14H2,1-3H3;1-2H3. The molecule has 6 nitrogen and oxygen atoms in total. The largest absolute Gasteiger partial charge is 0.389 e. The van der Waals surface area contributed by atoms with Crippen molar-refractivity contribution in [2.75, 3.05) is 46.8 Å². The van der Waals surface area contributed by atoms with E-state index in [1.807, 2.05) is 44.2 Å². The summed E-state index contributed by atoms with van der Waals surface area (Å²) in [6.07, 6.45) is 0.220. The molecule has 0 aliphatic carbocycles. The molecule has 25 heavy (non-hydrogen) atoms. The fourth-order valence-electron chi connectivity index (χ4n) is 2.05. The summed E-state index contributed by atoms with van der Waals surface area (Å²) in [5.74, 6) is 0.638. The number of rotatable bonds is 13. The lowest BCUT2D eigenvalue weighted by molar-refractivity contribution is 0.0370. The maximum Gasteiger partial charge on any atom is 0.0897 e. The minimum Gasteiger partial charge on any atom is -0.389 e. The number of aliphatic hydroxyl groups excluding tert-OH is 1. The lowest BCUT2D eigenvalue weighted by Gasteiger charge is -2.33. The van der Waals surface area contributed by atoms with E-state index in [4.69, 9.17) is 17.3 Å². The Kier molecular flexibility index (Phi) is 15.2. The van der Waals surface area contributed by atoms with Gasteiger partial charge >= 0.3 is 0 Å². The predicted molar refractivity (Wildman–Crippen MR) is 104 cm³/mol. The number of nitrogens with one attached hydrogen (secondary N) is 1. The van der Waals surface area contributed by atoms with E-state index in [1.165, 1.54) is 5.56 Å². The van der Waals surface area contributed by atoms with Gasteiger partial charge in [0.25, 0.3) is 0 Å². The molecule has 0 radical (unpaired) electrons. The SMILES string of the molecule is CC.COS(CCCOCC(O)CNCc1ccccc1)(OC)OC. The lowest BCUT2D eigenvalue weighted by Crippen LogP contribution is -2.30. The highest BCUT2D eigenvalue weighted by atomic mass is 32.3. The van der Waals surface area contributed by atoms with Crippen LogP contribution in [0.25, 0.3) is 0 Å². The molecule has 1 rings (SSSR count). The monoisotopic (exact) mass is 377 g/mol. The Morgan fingerprint density at radius 3 is 2.20 bits per heavy atom. The molecule has 0 aromatic heterocycles. The van der Waals surface area contributed by atoms with Crippen LogP contribution in [0.5, 0.6) is 0 Å². The summed E-state index contributed by atoms with van der Waals surface area (Å²) in [7, 11) is 2.81. The van der Waals surface area contributed by atoms with Crippen LogP contribution in [-0.4, -0.2) is 58.1 Å². The van der Waals surface area contributed by atoms with Gasteiger partial charge in [-0.05, 0) is 12.0 Å². The first kappa shape index (κ1) is 24.3. The predicted octanol–water partition coefficient (Wildman–Crippen LogP) is 3.06. The van der Waals surface area contributed by atoms with Gasteiger partial charge in [-0.1, -0.05) is 44.2 Å². The van der Waals surface area contributed by atoms with E-state index in [-0.39, 0.29) is 0 Å². The fourth-order valence-corrected chi connectivity index (χ4v) is 3.43. The van der Waals surface area contributed by atoms with E-state index >= 15 is 0 Å². The van der Waals surface area contributed by atoms with E-state index in [1.54, 1.807) is 21.3 Å². The average Bonchev–Trinajstić information content (AvgIpc) is 2.68. The molecule has 7 heteroatoms. The van der Waals surface area contributed by atoms with Crippen molar-refractivity contribution < 1.29 is 22.4 Å². The highest BCUT2D eigenvalue weighted by Crippen LogP contribution is 2.49. The second kappa shape index (κ2) is 15.6. The van der Waals surface area contributed by atoms with Crippen molar-refractivity contribution in [1.82, 2.24) is 5.32 Å². The first-order valence-corrected chi connectivity index (χ1v) is 10.2. The van der Waals surface area contributed by atoms with Gasteiger partial charge in [-0.25, -0.2) is 0 Å². The number of benzene rings is 1. The zero-order chi connectivity index (χ0) is 19.0. The van der Waals surface area contributed by atoms with Gasteiger partial charge < -0.3 is 15.2 Å². The van der Waals surface area contributed by atoms with Crippen molar-refractivity contribution in [1.29, 1.82) is 0 Å². The van der Waals surface area contributed by atoms with Crippen LogP contribution in [0, 0.1) is 0 Å². The van der Waals surface area contributed by atoms with Crippen molar-refractivity contribution in [2.24, 2.45) is 0 Å². The highest BCUT2D eigenvalue weighted by molar-refractivity contribution is 8.21. The summed E-state index contributed by atoms with van der Waals surface area (Å²) in [5, 5.41) is 13.1. The molecule has 0 aliphatic heterocycles. The Hall–Kier alpha value is -0.670. The molecule has 0 bridgehead atoms. The van der Waals surface area contributed by atoms with Crippen LogP contribution < -0.4 is 5.32 Å². The summed E-state index contributed by atoms with van der Waals surface area (Å²) in [6.45, 7) is 6.06. The number of hydrogen-bond acceptors (Lipinski definition) is 6. The van der Waals surface area contributed by atoms with Gasteiger partial charge in [-0.3, -0.25) is 12.5 Å². The van der Waals surface area contributed by atoms with Crippen molar-refractivity contribution in [3.05, 3.63) is 35.9 Å². The topological polar surface area (TPSA) is 69.2 Å². The Morgan fingerprint density at radius 1 is 1.04 bits per heavy atom. The van der Waals surface area contributed by atoms with Crippen LogP contribution in [0.15, 0.2) is 30.3 Å². The second-order valence-corrected chi connectivity index (χ2v) is 7.48. The van der Waals surface area contributed by atoms with Crippen molar-refractivity contribution in [3.63, 3.8) is 0 Å². The second-order valence-electron chi connectivity index (χ2n) is 4.96. The third kappa shape index (κ3) is 10.8. The van der Waals surface area contributed by atoms with Crippen molar-refractivity contribution in [3.8, 4) is 0 Å². The molecule has 148 valence electrons. The number of ether oxygens (including phenoxy) is 1. The minimum absolute atomic E-state index is 0.303. The fraction of sp³-hybridized carbons (Fsp3) is 0.667. The molecular weight excluding hydrogens is 342 g/mol. The third-order valence-corrected chi connectivity index (χ3v) is 5.62. The Morgan fingerprint density at radius 2 is 1.64 bits per heavy atom. The average molecular weight is 378 g/mol. The molecule has 0 saturated carbocycles. The zero-order valence-corrected chi connectivity index (χ0v) is 17.0. The van der Waals surface area contributed by atoms with Crippen LogP contribution in [0.1, 0.15) is 25.8 Å². The molecule has 1 aromatic rings. The normalized spacial score (nSPS) is 13.0. The van der Waals surface area contributed by atoms with Gasteiger partial charge in [0.2, 0.25) is 0 Å². The maximum absolute atomic E-state index is 9.87. The van der Waals surface area contributed by atoms with E-state index in [0.717, 1.165) is 13.0 Å². The zero-order valence-electron chi connectivity index (χ0n) is 16.2. The van der Waals surface area contributed by atoms with E-state index < -0.39 is 17.0 Å². The highest BCUT2D eigenvalue weighted by Gasteiger charge is 2.22. The molecule has 0 heterocycles. The number of aliphatic hydroxyl groups is 1. The van der Waals surface area contributed by atoms with Crippen LogP contribution >= 0.6 is 10.9 Å². The van der Waals surface area contributed by atoms with Gasteiger partial charge in [0.05, 0.1) is 44.9 Å². The van der Waals surface area contributed by atoms with Gasteiger partial charge in [-0.15, -0.1) is 0 Å². The van der Waals surface area contributed by atoms with Crippen molar-refractivity contribution in [2.45, 2.75) is 32.9 Å². The van der Waals surface area contributed by atoms with Crippen LogP contribution in [0.4, 0.5) is 0 Å². The molecule has 1 aromatic carbocycles. The molecular formula is C18H35NO5S. The molecule has 2 N–H and O–H groups in total. The summed E-state index contributed by atoms with van der Waals surface area (Å²) in [4.78, 5) is 0. The molecule has 0 aliphatic rings. The van der Waals surface area contributed by atoms with E-state index in [0.29, 0.717) is 25.5 Å². The molecule has 0 fully saturated rings. The first-order valence-electron chi connectivity index (χ1n) is 8.64. The Balaban J connectivity index is 0.00000277. The summed E-state index contributed by atoms with van der Waals surface area (Å²) in [5.41, 5.74) is 1.19. The van der Waals surface area contributed by atoms with Gasteiger partial charge in [0.1, 0.15) is 0 Å². The Bertz CT molecular complexity index is 395. The quantitative estimate of drug-likeness (QED) is 0.515. The molecule has 1 unspecified atom stereocenters. The summed E-state index contributed by atoms with van der Waals surface area (Å²) >= 11 is 0. The van der Waals surface area contributed by atoms with Gasteiger partial charge in [0, 0.05) is 25.4 Å². The van der Waals surface area contributed by atoms with E-state index in [2.05, 4.69) is 5.32 Å². The van der Waals surface area contributed by atoms with Crippen LogP contribution in [0.2, 0.25) is 0 Å². The molecule has 0 spiro atoms. The third-order valence-electron chi connectivity index (χ3n) is 3.31. The smallest absolute Gasteiger partial charge is 0.0897 e. The molecule has 1 atom stereocenters. The first-order chi connectivity index (χ1) is 12.2. The Labute approximate surface area is 154 Å². The van der Waals surface area contributed by atoms with Gasteiger partial charge in [0.15, 0.2) is 0 Å². The molecule has 0 amide bonds. The summed E-state index contributed by atoms with van der Waals surface area (Å²) < 4.78 is 21.3. The maximum atomic E-state index is 9.87.